The maximum absolute atomic E-state index is 9.67. The summed E-state index contributed by atoms with van der Waals surface area (Å²) in [5, 5.41) is 28.4. The second kappa shape index (κ2) is 5.91. The Morgan fingerprint density at radius 3 is 2.18 bits per heavy atom. The fourth-order valence-electron chi connectivity index (χ4n) is 1.60. The Morgan fingerprint density at radius 2 is 1.76 bits per heavy atom. The summed E-state index contributed by atoms with van der Waals surface area (Å²) in [6, 6.07) is 5.44. The molecule has 0 aliphatic rings. The van der Waals surface area contributed by atoms with E-state index >= 15 is 0 Å². The molecule has 1 rings (SSSR count). The number of nitriles is 1. The molecule has 0 spiro atoms. The minimum Gasteiger partial charge on any atom is -0.433 e. The summed E-state index contributed by atoms with van der Waals surface area (Å²) in [6.45, 7) is 3.06. The lowest BCUT2D eigenvalue weighted by molar-refractivity contribution is 0.554. The van der Waals surface area contributed by atoms with Gasteiger partial charge in [-0.1, -0.05) is 15.9 Å². The molecule has 0 unspecified atom stereocenters. The van der Waals surface area contributed by atoms with Gasteiger partial charge >= 0.3 is 14.1 Å². The topological polar surface area (TPSA) is 67.5 Å². The van der Waals surface area contributed by atoms with Crippen LogP contribution in [0.5, 0.6) is 0 Å². The molecule has 0 saturated heterocycles. The molecule has 0 aromatic heterocycles. The largest absolute Gasteiger partial charge is 0.433 e. The Hall–Kier alpha value is -0.480. The van der Waals surface area contributed by atoms with Crippen LogP contribution >= 0.6 is 31.9 Å². The number of rotatable bonds is 3. The van der Waals surface area contributed by atoms with Crippen LogP contribution in [0.25, 0.3) is 0 Å². The van der Waals surface area contributed by atoms with E-state index in [4.69, 9.17) is 5.26 Å². The molecule has 0 fully saturated rings. The lowest BCUT2D eigenvalue weighted by Gasteiger charge is -2.29. The molecule has 0 radical (unpaired) electrons. The van der Waals surface area contributed by atoms with Crippen molar-refractivity contribution in [3.05, 3.63) is 26.6 Å². The van der Waals surface area contributed by atoms with Crippen molar-refractivity contribution in [1.29, 1.82) is 5.26 Å². The second-order valence-corrected chi connectivity index (χ2v) is 5.34. The second-order valence-electron chi connectivity index (χ2n) is 3.57. The molecule has 0 atom stereocenters. The maximum atomic E-state index is 9.67. The summed E-state index contributed by atoms with van der Waals surface area (Å²) < 4.78 is 2.74. The zero-order valence-electron chi connectivity index (χ0n) is 9.35. The molecule has 8 heteroatoms. The molecule has 0 heterocycles. The Balaban J connectivity index is 3.43. The number of hydrogen-bond donors (Lipinski definition) is 2. The number of benzene rings is 1. The number of nitrogens with zero attached hydrogens (tertiary/aromatic N) is 2. The zero-order valence-corrected chi connectivity index (χ0v) is 12.5. The molecule has 0 aliphatic carbocycles. The maximum Gasteiger partial charge on any atom is 0.398 e. The fraction of sp³-hybridized carbons (Fsp3) is 0.222. The van der Waals surface area contributed by atoms with Gasteiger partial charge in [-0.25, -0.2) is 0 Å². The lowest BCUT2D eigenvalue weighted by atomic mass is 9.68. The van der Waals surface area contributed by atoms with Gasteiger partial charge in [0, 0.05) is 14.6 Å². The quantitative estimate of drug-likeness (QED) is 0.811. The molecule has 1 aromatic rings. The third kappa shape index (κ3) is 3.26. The summed E-state index contributed by atoms with van der Waals surface area (Å²) in [4.78, 5) is 0. The minimum absolute atomic E-state index is 0.369. The van der Waals surface area contributed by atoms with E-state index in [1.807, 2.05) is 6.07 Å². The van der Waals surface area contributed by atoms with Crippen LogP contribution < -0.4 is 4.72 Å². The van der Waals surface area contributed by atoms with E-state index in [9.17, 15) is 10.0 Å². The summed E-state index contributed by atoms with van der Waals surface area (Å²) in [6.07, 6.45) is 0. The first-order valence-corrected chi connectivity index (χ1v) is 6.50. The average molecular weight is 360 g/mol. The van der Waals surface area contributed by atoms with Crippen LogP contribution in [0.4, 0.5) is 5.69 Å². The first kappa shape index (κ1) is 14.6. The SMILES string of the molecule is CB(O)N(B(C)O)c1c(Br)cc(Br)cc1C#N. The van der Waals surface area contributed by atoms with E-state index in [2.05, 4.69) is 31.9 Å². The van der Waals surface area contributed by atoms with E-state index in [0.717, 1.165) is 4.47 Å². The Kier molecular flexibility index (Phi) is 5.07. The Labute approximate surface area is 118 Å². The van der Waals surface area contributed by atoms with Crippen molar-refractivity contribution in [3.8, 4) is 6.07 Å². The molecule has 88 valence electrons. The van der Waals surface area contributed by atoms with Crippen LogP contribution in [0.2, 0.25) is 13.6 Å². The highest BCUT2D eigenvalue weighted by molar-refractivity contribution is 9.11. The molecule has 0 saturated carbocycles. The van der Waals surface area contributed by atoms with Crippen molar-refractivity contribution in [3.63, 3.8) is 0 Å². The van der Waals surface area contributed by atoms with Gasteiger partial charge in [0.1, 0.15) is 6.07 Å². The molecule has 1 aromatic carbocycles. The van der Waals surface area contributed by atoms with E-state index in [-0.39, 0.29) is 0 Å². The molecule has 17 heavy (non-hydrogen) atoms. The fourth-order valence-corrected chi connectivity index (χ4v) is 3.03. The van der Waals surface area contributed by atoms with Crippen molar-refractivity contribution in [2.75, 3.05) is 4.72 Å². The van der Waals surface area contributed by atoms with Gasteiger partial charge in [-0.15, -0.1) is 0 Å². The van der Waals surface area contributed by atoms with Crippen LogP contribution in [0.3, 0.4) is 0 Å². The van der Waals surface area contributed by atoms with Gasteiger partial charge in [0.2, 0.25) is 0 Å². The van der Waals surface area contributed by atoms with Crippen molar-refractivity contribution in [2.24, 2.45) is 0 Å². The van der Waals surface area contributed by atoms with Gasteiger partial charge in [0.15, 0.2) is 0 Å². The lowest BCUT2D eigenvalue weighted by Crippen LogP contribution is -2.47. The van der Waals surface area contributed by atoms with Crippen molar-refractivity contribution >= 4 is 51.6 Å². The summed E-state index contributed by atoms with van der Waals surface area (Å²) in [7, 11) is -1.81. The van der Waals surface area contributed by atoms with E-state index < -0.39 is 14.1 Å². The van der Waals surface area contributed by atoms with Crippen molar-refractivity contribution < 1.29 is 10.0 Å². The molecule has 0 amide bonds. The normalized spacial score (nSPS) is 9.71. The van der Waals surface area contributed by atoms with Gasteiger partial charge in [-0.2, -0.15) is 5.26 Å². The molecular weight excluding hydrogens is 350 g/mol. The predicted molar refractivity (Wildman–Crippen MR) is 76.7 cm³/mol. The van der Waals surface area contributed by atoms with Gasteiger partial charge in [-0.3, -0.25) is 0 Å². The zero-order chi connectivity index (χ0) is 13.2. The van der Waals surface area contributed by atoms with E-state index in [1.165, 1.54) is 18.4 Å². The summed E-state index contributed by atoms with van der Waals surface area (Å²) >= 11 is 6.62. The van der Waals surface area contributed by atoms with Gasteiger partial charge in [0.05, 0.1) is 5.56 Å². The molecule has 2 N–H and O–H groups in total. The predicted octanol–water partition coefficient (Wildman–Crippen LogP) is 2.11. The first-order valence-electron chi connectivity index (χ1n) is 4.92. The minimum atomic E-state index is -0.903. The molecule has 4 nitrogen and oxygen atoms in total. The molecule has 0 aliphatic heterocycles. The third-order valence-electron chi connectivity index (χ3n) is 2.21. The van der Waals surface area contributed by atoms with Crippen LogP contribution in [0.15, 0.2) is 21.1 Å². The highest BCUT2D eigenvalue weighted by Gasteiger charge is 2.28. The van der Waals surface area contributed by atoms with E-state index in [0.29, 0.717) is 15.7 Å². The Bertz CT molecular complexity index is 455. The highest BCUT2D eigenvalue weighted by Crippen LogP contribution is 2.34. The van der Waals surface area contributed by atoms with Crippen molar-refractivity contribution in [2.45, 2.75) is 13.6 Å². The monoisotopic (exact) mass is 358 g/mol. The number of halogens is 2. The van der Waals surface area contributed by atoms with Crippen LogP contribution in [-0.2, 0) is 0 Å². The smallest absolute Gasteiger partial charge is 0.398 e. The van der Waals surface area contributed by atoms with Crippen LogP contribution in [-0.4, -0.2) is 24.1 Å². The van der Waals surface area contributed by atoms with Crippen LogP contribution in [0, 0.1) is 11.3 Å². The van der Waals surface area contributed by atoms with Gasteiger partial charge in [0.25, 0.3) is 0 Å². The third-order valence-corrected chi connectivity index (χ3v) is 3.27. The summed E-state index contributed by atoms with van der Waals surface area (Å²) in [5.74, 6) is 0. The molecule has 0 bridgehead atoms. The molecular formula is C9H10B2Br2N2O2. The Morgan fingerprint density at radius 1 is 1.24 bits per heavy atom. The number of hydrogen-bond acceptors (Lipinski definition) is 4. The first-order chi connectivity index (χ1) is 7.88. The van der Waals surface area contributed by atoms with E-state index in [1.54, 1.807) is 12.1 Å². The number of anilines is 1. The standard InChI is InChI=1S/C9H10B2Br2N2O2/c1-10(16)15(11(2)17)9-6(5-14)3-7(12)4-8(9)13/h3-4,16-17H,1-2H3. The van der Waals surface area contributed by atoms with Gasteiger partial charge in [-0.05, 0) is 41.7 Å². The van der Waals surface area contributed by atoms with Crippen LogP contribution in [0.1, 0.15) is 5.56 Å². The highest BCUT2D eigenvalue weighted by atomic mass is 79.9. The van der Waals surface area contributed by atoms with Crippen molar-refractivity contribution in [1.82, 2.24) is 0 Å². The average Bonchev–Trinajstić information content (AvgIpc) is 2.20. The summed E-state index contributed by atoms with van der Waals surface area (Å²) in [5.41, 5.74) is 0.841. The van der Waals surface area contributed by atoms with Gasteiger partial charge < -0.3 is 14.8 Å².